The fraction of sp³-hybridized carbons (Fsp3) is 0.250. The van der Waals surface area contributed by atoms with Gasteiger partial charge in [-0.2, -0.15) is 0 Å². The Morgan fingerprint density at radius 1 is 1.42 bits per heavy atom. The van der Waals surface area contributed by atoms with Crippen molar-refractivity contribution >= 4 is 11.4 Å². The third-order valence-electron chi connectivity index (χ3n) is 1.31. The Labute approximate surface area is 70.5 Å². The predicted octanol–water partition coefficient (Wildman–Crippen LogP) is 2.45. The quantitative estimate of drug-likeness (QED) is 0.552. The molecule has 0 aliphatic heterocycles. The number of anilines is 1. The molecule has 1 N–H and O–H groups in total. The molecule has 0 aliphatic carbocycles. The van der Waals surface area contributed by atoms with E-state index in [9.17, 15) is 4.91 Å². The molecule has 0 fully saturated rings. The van der Waals surface area contributed by atoms with E-state index in [0.717, 1.165) is 5.69 Å². The van der Waals surface area contributed by atoms with Gasteiger partial charge in [-0.3, -0.25) is 10.3 Å². The molecule has 4 heteroatoms. The van der Waals surface area contributed by atoms with Gasteiger partial charge in [0.05, 0.1) is 12.3 Å². The van der Waals surface area contributed by atoms with Gasteiger partial charge in [0.25, 0.3) is 0 Å². The van der Waals surface area contributed by atoms with E-state index in [1.165, 1.54) is 0 Å². The van der Waals surface area contributed by atoms with Crippen molar-refractivity contribution in [2.24, 2.45) is 5.18 Å². The van der Waals surface area contributed by atoms with Crippen LogP contribution in [0.25, 0.3) is 0 Å². The molecule has 0 saturated carbocycles. The van der Waals surface area contributed by atoms with Crippen molar-refractivity contribution in [3.63, 3.8) is 0 Å². The lowest BCUT2D eigenvalue weighted by Gasteiger charge is -2.03. The van der Waals surface area contributed by atoms with Crippen LogP contribution in [0.3, 0.4) is 0 Å². The van der Waals surface area contributed by atoms with Crippen molar-refractivity contribution in [3.05, 3.63) is 29.2 Å². The molecular formula is C8H10N2O2. The van der Waals surface area contributed by atoms with Gasteiger partial charge >= 0.3 is 0 Å². The number of nitrogens with one attached hydrogen (secondary N) is 1. The number of rotatable bonds is 4. The molecule has 0 bridgehead atoms. The second kappa shape index (κ2) is 4.46. The maximum atomic E-state index is 10.0. The maximum Gasteiger partial charge on any atom is 0.108 e. The molecule has 0 saturated heterocycles. The van der Waals surface area contributed by atoms with E-state index in [4.69, 9.17) is 4.84 Å². The van der Waals surface area contributed by atoms with Crippen LogP contribution in [0, 0.1) is 4.91 Å². The van der Waals surface area contributed by atoms with E-state index in [1.807, 2.05) is 6.92 Å². The first-order chi connectivity index (χ1) is 5.86. The van der Waals surface area contributed by atoms with Crippen LogP contribution in [0.4, 0.5) is 11.4 Å². The van der Waals surface area contributed by atoms with Crippen LogP contribution in [0.1, 0.15) is 6.92 Å². The predicted molar refractivity (Wildman–Crippen MR) is 47.1 cm³/mol. The van der Waals surface area contributed by atoms with Crippen molar-refractivity contribution in [1.29, 1.82) is 0 Å². The van der Waals surface area contributed by atoms with Crippen LogP contribution in [0.5, 0.6) is 0 Å². The standard InChI is InChI=1S/C8H10N2O2/c1-2-12-10-8-5-3-7(9-11)4-6-8/h3-6,10H,2H2,1H3. The van der Waals surface area contributed by atoms with Crippen molar-refractivity contribution in [3.8, 4) is 0 Å². The average molecular weight is 166 g/mol. The molecule has 4 nitrogen and oxygen atoms in total. The molecule has 1 rings (SSSR count). The smallest absolute Gasteiger partial charge is 0.108 e. The summed E-state index contributed by atoms with van der Waals surface area (Å²) < 4.78 is 0. The van der Waals surface area contributed by atoms with Gasteiger partial charge in [-0.1, -0.05) is 0 Å². The topological polar surface area (TPSA) is 50.7 Å². The molecule has 0 atom stereocenters. The summed E-state index contributed by atoms with van der Waals surface area (Å²) in [6.07, 6.45) is 0. The molecule has 1 aromatic carbocycles. The molecule has 12 heavy (non-hydrogen) atoms. The third-order valence-corrected chi connectivity index (χ3v) is 1.31. The highest BCUT2D eigenvalue weighted by Gasteiger charge is 1.91. The maximum absolute atomic E-state index is 10.0. The van der Waals surface area contributed by atoms with Crippen LogP contribution in [0.2, 0.25) is 0 Å². The van der Waals surface area contributed by atoms with Gasteiger partial charge < -0.3 is 0 Å². The highest BCUT2D eigenvalue weighted by atomic mass is 16.6. The fourth-order valence-electron chi connectivity index (χ4n) is 0.746. The summed E-state index contributed by atoms with van der Waals surface area (Å²) in [5.41, 5.74) is 3.93. The van der Waals surface area contributed by atoms with Crippen LogP contribution in [-0.4, -0.2) is 6.61 Å². The lowest BCUT2D eigenvalue weighted by atomic mass is 10.3. The summed E-state index contributed by atoms with van der Waals surface area (Å²) in [4.78, 5) is 15.0. The second-order valence-corrected chi connectivity index (χ2v) is 2.17. The Kier molecular flexibility index (Phi) is 3.22. The van der Waals surface area contributed by atoms with Crippen molar-refractivity contribution in [2.45, 2.75) is 6.92 Å². The minimum Gasteiger partial charge on any atom is -0.276 e. The summed E-state index contributed by atoms with van der Waals surface area (Å²) in [6.45, 7) is 2.47. The van der Waals surface area contributed by atoms with Crippen LogP contribution < -0.4 is 5.48 Å². The molecule has 0 aliphatic rings. The van der Waals surface area contributed by atoms with Crippen LogP contribution in [-0.2, 0) is 4.84 Å². The Balaban J connectivity index is 2.58. The van der Waals surface area contributed by atoms with E-state index in [0.29, 0.717) is 12.3 Å². The Morgan fingerprint density at radius 2 is 2.08 bits per heavy atom. The molecule has 0 aromatic heterocycles. The minimum atomic E-state index is 0.414. The first-order valence-corrected chi connectivity index (χ1v) is 3.68. The monoisotopic (exact) mass is 166 g/mol. The summed E-state index contributed by atoms with van der Waals surface area (Å²) in [7, 11) is 0. The van der Waals surface area contributed by atoms with Crippen molar-refractivity contribution in [2.75, 3.05) is 12.1 Å². The Hall–Kier alpha value is -1.42. The van der Waals surface area contributed by atoms with Gasteiger partial charge in [0.15, 0.2) is 0 Å². The largest absolute Gasteiger partial charge is 0.276 e. The highest BCUT2D eigenvalue weighted by Crippen LogP contribution is 2.15. The third kappa shape index (κ3) is 2.32. The molecular weight excluding hydrogens is 156 g/mol. The summed E-state index contributed by atoms with van der Waals surface area (Å²) in [6, 6.07) is 6.70. The molecule has 1 aromatic rings. The van der Waals surface area contributed by atoms with Gasteiger partial charge in [-0.05, 0) is 36.4 Å². The summed E-state index contributed by atoms with van der Waals surface area (Å²) >= 11 is 0. The molecule has 0 amide bonds. The lowest BCUT2D eigenvalue weighted by molar-refractivity contribution is 0.210. The molecule has 0 radical (unpaired) electrons. The normalized spacial score (nSPS) is 9.42. The van der Waals surface area contributed by atoms with Crippen molar-refractivity contribution in [1.82, 2.24) is 0 Å². The zero-order chi connectivity index (χ0) is 8.81. The molecule has 0 spiro atoms. The van der Waals surface area contributed by atoms with Gasteiger partial charge in [0.2, 0.25) is 0 Å². The SMILES string of the molecule is CCONc1ccc(N=O)cc1. The zero-order valence-corrected chi connectivity index (χ0v) is 6.78. The number of hydrogen-bond donors (Lipinski definition) is 1. The minimum absolute atomic E-state index is 0.414. The second-order valence-electron chi connectivity index (χ2n) is 2.17. The Bertz CT molecular complexity index is 246. The molecule has 0 heterocycles. The van der Waals surface area contributed by atoms with E-state index >= 15 is 0 Å². The number of hydrogen-bond acceptors (Lipinski definition) is 4. The average Bonchev–Trinajstić information content (AvgIpc) is 2.15. The number of nitroso groups, excluding NO2 is 1. The van der Waals surface area contributed by atoms with Gasteiger partial charge in [0.1, 0.15) is 5.69 Å². The van der Waals surface area contributed by atoms with E-state index in [2.05, 4.69) is 10.7 Å². The molecule has 0 unspecified atom stereocenters. The molecule has 64 valence electrons. The Morgan fingerprint density at radius 3 is 2.58 bits per heavy atom. The van der Waals surface area contributed by atoms with Crippen LogP contribution in [0.15, 0.2) is 29.4 Å². The van der Waals surface area contributed by atoms with Crippen molar-refractivity contribution < 1.29 is 4.84 Å². The van der Waals surface area contributed by atoms with E-state index in [-0.39, 0.29) is 0 Å². The summed E-state index contributed by atoms with van der Waals surface area (Å²) in [5, 5.41) is 2.77. The number of nitrogens with zero attached hydrogens (tertiary/aromatic N) is 1. The fourth-order valence-corrected chi connectivity index (χ4v) is 0.746. The summed E-state index contributed by atoms with van der Waals surface area (Å²) in [5.74, 6) is 0. The van der Waals surface area contributed by atoms with Gasteiger partial charge in [0, 0.05) is 0 Å². The number of benzene rings is 1. The van der Waals surface area contributed by atoms with Gasteiger partial charge in [-0.15, -0.1) is 4.91 Å². The first-order valence-electron chi connectivity index (χ1n) is 3.68. The zero-order valence-electron chi connectivity index (χ0n) is 6.78. The van der Waals surface area contributed by atoms with E-state index in [1.54, 1.807) is 24.3 Å². The lowest BCUT2D eigenvalue weighted by Crippen LogP contribution is -1.99. The van der Waals surface area contributed by atoms with Gasteiger partial charge in [-0.25, -0.2) is 0 Å². The van der Waals surface area contributed by atoms with Crippen LogP contribution >= 0.6 is 0 Å². The van der Waals surface area contributed by atoms with E-state index < -0.39 is 0 Å². The highest BCUT2D eigenvalue weighted by molar-refractivity contribution is 5.49. The first kappa shape index (κ1) is 8.67.